The number of rotatable bonds is 7. The van der Waals surface area contributed by atoms with Crippen molar-refractivity contribution in [3.63, 3.8) is 0 Å². The molecule has 2 aromatic carbocycles. The van der Waals surface area contributed by atoms with Gasteiger partial charge in [-0.05, 0) is 56.4 Å². The summed E-state index contributed by atoms with van der Waals surface area (Å²) in [5.41, 5.74) is 1.61. The van der Waals surface area contributed by atoms with Gasteiger partial charge in [0.2, 0.25) is 10.0 Å². The van der Waals surface area contributed by atoms with Gasteiger partial charge in [-0.3, -0.25) is 4.79 Å². The molecule has 0 spiro atoms. The number of benzene rings is 2. The molecule has 5 nitrogen and oxygen atoms in total. The average Bonchev–Trinajstić information content (AvgIpc) is 2.73. The van der Waals surface area contributed by atoms with Gasteiger partial charge in [-0.15, -0.1) is 0 Å². The number of sulfonamides is 1. The molecule has 1 unspecified atom stereocenters. The largest absolute Gasteiger partial charge is 0.350 e. The third kappa shape index (κ3) is 5.20. The molecular weight excluding hydrogens is 372 g/mol. The summed E-state index contributed by atoms with van der Waals surface area (Å²) >= 11 is 0. The summed E-state index contributed by atoms with van der Waals surface area (Å²) < 4.78 is 27.2. The minimum atomic E-state index is -3.54. The van der Waals surface area contributed by atoms with Gasteiger partial charge in [0.15, 0.2) is 0 Å². The highest BCUT2D eigenvalue weighted by Gasteiger charge is 2.26. The van der Waals surface area contributed by atoms with Crippen LogP contribution < -0.4 is 5.32 Å². The van der Waals surface area contributed by atoms with Crippen LogP contribution in [0.4, 0.5) is 0 Å². The van der Waals surface area contributed by atoms with Crippen LogP contribution >= 0.6 is 0 Å². The maximum atomic E-state index is 12.8. The number of hydrogen-bond acceptors (Lipinski definition) is 3. The van der Waals surface area contributed by atoms with Crippen LogP contribution in [0, 0.1) is 0 Å². The Hall–Kier alpha value is -2.18. The Morgan fingerprint density at radius 3 is 2.46 bits per heavy atom. The summed E-state index contributed by atoms with van der Waals surface area (Å²) in [6.07, 6.45) is 4.54. The van der Waals surface area contributed by atoms with Crippen molar-refractivity contribution < 1.29 is 13.2 Å². The molecule has 1 saturated heterocycles. The van der Waals surface area contributed by atoms with E-state index in [0.717, 1.165) is 32.1 Å². The molecule has 1 aliphatic heterocycles. The highest BCUT2D eigenvalue weighted by molar-refractivity contribution is 7.89. The van der Waals surface area contributed by atoms with Crippen molar-refractivity contribution in [3.05, 3.63) is 65.7 Å². The average molecular weight is 401 g/mol. The smallest absolute Gasteiger partial charge is 0.251 e. The molecule has 150 valence electrons. The van der Waals surface area contributed by atoms with Crippen molar-refractivity contribution in [2.24, 2.45) is 0 Å². The molecule has 0 aliphatic carbocycles. The van der Waals surface area contributed by atoms with Crippen LogP contribution in [0.1, 0.15) is 48.5 Å². The van der Waals surface area contributed by atoms with Gasteiger partial charge in [0.1, 0.15) is 0 Å². The molecule has 0 radical (unpaired) electrons. The quantitative estimate of drug-likeness (QED) is 0.772. The van der Waals surface area contributed by atoms with Gasteiger partial charge >= 0.3 is 0 Å². The fourth-order valence-corrected chi connectivity index (χ4v) is 5.02. The highest BCUT2D eigenvalue weighted by atomic mass is 32.2. The van der Waals surface area contributed by atoms with Gasteiger partial charge in [0.25, 0.3) is 5.91 Å². The first-order chi connectivity index (χ1) is 13.5. The van der Waals surface area contributed by atoms with E-state index in [9.17, 15) is 13.2 Å². The lowest BCUT2D eigenvalue weighted by molar-refractivity contribution is 0.0938. The Morgan fingerprint density at radius 2 is 1.75 bits per heavy atom. The molecule has 2 aromatic rings. The second-order valence-corrected chi connectivity index (χ2v) is 9.33. The predicted octanol–water partition coefficient (Wildman–Crippen LogP) is 3.61. The van der Waals surface area contributed by atoms with Crippen molar-refractivity contribution in [1.82, 2.24) is 9.62 Å². The third-order valence-electron chi connectivity index (χ3n) is 5.14. The normalized spacial score (nSPS) is 16.5. The van der Waals surface area contributed by atoms with E-state index in [1.807, 2.05) is 25.1 Å². The van der Waals surface area contributed by atoms with E-state index in [0.29, 0.717) is 18.7 Å². The zero-order valence-electron chi connectivity index (χ0n) is 16.3. The van der Waals surface area contributed by atoms with Gasteiger partial charge in [-0.25, -0.2) is 8.42 Å². The van der Waals surface area contributed by atoms with Gasteiger partial charge in [0, 0.05) is 24.7 Å². The standard InChI is InChI=1S/C22H28N2O3S/c1-18(13-14-19-9-4-2-5-10-19)23-22(25)20-11-8-12-21(17-20)28(26,27)24-15-6-3-7-16-24/h2,4-5,8-12,17-18H,3,6-7,13-16H2,1H3,(H,23,25). The molecule has 0 aromatic heterocycles. The lowest BCUT2D eigenvalue weighted by atomic mass is 10.1. The van der Waals surface area contributed by atoms with E-state index in [1.165, 1.54) is 15.9 Å². The number of aryl methyl sites for hydroxylation is 1. The van der Waals surface area contributed by atoms with Crippen LogP contribution in [0.15, 0.2) is 59.5 Å². The van der Waals surface area contributed by atoms with Gasteiger partial charge in [0.05, 0.1) is 4.90 Å². The fraction of sp³-hybridized carbons (Fsp3) is 0.409. The number of carbonyl (C=O) groups is 1. The molecule has 6 heteroatoms. The Bertz CT molecular complexity index is 891. The minimum absolute atomic E-state index is 0.00457. The molecule has 3 rings (SSSR count). The Morgan fingerprint density at radius 1 is 1.04 bits per heavy atom. The molecular formula is C22H28N2O3S. The first kappa shape index (κ1) is 20.6. The van der Waals surface area contributed by atoms with Crippen LogP contribution in [0.3, 0.4) is 0 Å². The summed E-state index contributed by atoms with van der Waals surface area (Å²) in [4.78, 5) is 12.8. The molecule has 1 amide bonds. The van der Waals surface area contributed by atoms with Crippen molar-refractivity contribution in [3.8, 4) is 0 Å². The second-order valence-electron chi connectivity index (χ2n) is 7.39. The summed E-state index contributed by atoms with van der Waals surface area (Å²) in [5, 5.41) is 2.98. The SMILES string of the molecule is CC(CCc1ccccc1)NC(=O)c1cccc(S(=O)(=O)N2CCCCC2)c1. The van der Waals surface area contributed by atoms with E-state index >= 15 is 0 Å². The highest BCUT2D eigenvalue weighted by Crippen LogP contribution is 2.21. The molecule has 0 bridgehead atoms. The molecule has 1 heterocycles. The second kappa shape index (κ2) is 9.34. The van der Waals surface area contributed by atoms with E-state index in [1.54, 1.807) is 18.2 Å². The fourth-order valence-electron chi connectivity index (χ4n) is 3.46. The monoisotopic (exact) mass is 400 g/mol. The van der Waals surface area contributed by atoms with Crippen LogP contribution in [0.2, 0.25) is 0 Å². The molecule has 1 N–H and O–H groups in total. The van der Waals surface area contributed by atoms with Gasteiger partial charge in [-0.2, -0.15) is 4.31 Å². The van der Waals surface area contributed by atoms with Crippen LogP contribution in [0.5, 0.6) is 0 Å². The first-order valence-corrected chi connectivity index (χ1v) is 11.4. The lowest BCUT2D eigenvalue weighted by Crippen LogP contribution is -2.36. The number of hydrogen-bond donors (Lipinski definition) is 1. The number of amides is 1. The van der Waals surface area contributed by atoms with E-state index in [4.69, 9.17) is 0 Å². The number of nitrogens with one attached hydrogen (secondary N) is 1. The molecule has 1 fully saturated rings. The Kier molecular flexibility index (Phi) is 6.86. The van der Waals surface area contributed by atoms with Crippen LogP contribution in [-0.4, -0.2) is 37.8 Å². The molecule has 28 heavy (non-hydrogen) atoms. The Balaban J connectivity index is 1.63. The maximum Gasteiger partial charge on any atom is 0.251 e. The summed E-state index contributed by atoms with van der Waals surface area (Å²) in [6.45, 7) is 3.07. The molecule has 1 aliphatic rings. The number of piperidine rings is 1. The first-order valence-electron chi connectivity index (χ1n) is 9.92. The number of carbonyl (C=O) groups excluding carboxylic acids is 1. The minimum Gasteiger partial charge on any atom is -0.350 e. The van der Waals surface area contributed by atoms with Crippen molar-refractivity contribution in [2.75, 3.05) is 13.1 Å². The zero-order chi connectivity index (χ0) is 20.0. The van der Waals surface area contributed by atoms with Crippen LogP contribution in [0.25, 0.3) is 0 Å². The molecule has 0 saturated carbocycles. The predicted molar refractivity (Wildman–Crippen MR) is 111 cm³/mol. The summed E-state index contributed by atoms with van der Waals surface area (Å²) in [5.74, 6) is -0.240. The van der Waals surface area contributed by atoms with E-state index < -0.39 is 10.0 Å². The summed E-state index contributed by atoms with van der Waals surface area (Å²) in [7, 11) is -3.54. The van der Waals surface area contributed by atoms with Gasteiger partial charge < -0.3 is 5.32 Å². The zero-order valence-corrected chi connectivity index (χ0v) is 17.1. The summed E-state index contributed by atoms with van der Waals surface area (Å²) in [6, 6.07) is 16.5. The van der Waals surface area contributed by atoms with Crippen molar-refractivity contribution in [1.29, 1.82) is 0 Å². The Labute approximate surface area is 167 Å². The van der Waals surface area contributed by atoms with E-state index in [-0.39, 0.29) is 16.8 Å². The van der Waals surface area contributed by atoms with E-state index in [2.05, 4.69) is 17.4 Å². The van der Waals surface area contributed by atoms with Crippen molar-refractivity contribution in [2.45, 2.75) is 50.0 Å². The van der Waals surface area contributed by atoms with Crippen LogP contribution in [-0.2, 0) is 16.4 Å². The number of nitrogens with zero attached hydrogens (tertiary/aromatic N) is 1. The maximum absolute atomic E-state index is 12.8. The van der Waals surface area contributed by atoms with Crippen molar-refractivity contribution >= 4 is 15.9 Å². The van der Waals surface area contributed by atoms with Gasteiger partial charge in [-0.1, -0.05) is 42.8 Å². The molecule has 1 atom stereocenters. The topological polar surface area (TPSA) is 66.5 Å². The third-order valence-corrected chi connectivity index (χ3v) is 7.03. The lowest BCUT2D eigenvalue weighted by Gasteiger charge is -2.26.